The molecule has 1 aromatic carbocycles. The first-order valence-corrected chi connectivity index (χ1v) is 5.01. The van der Waals surface area contributed by atoms with Gasteiger partial charge in [0.05, 0.1) is 18.2 Å². The second kappa shape index (κ2) is 4.69. The van der Waals surface area contributed by atoms with Crippen molar-refractivity contribution in [1.82, 2.24) is 0 Å². The molecule has 5 heteroatoms. The van der Waals surface area contributed by atoms with Crippen LogP contribution < -0.4 is 11.1 Å². The monoisotopic (exact) mass is 234 g/mol. The van der Waals surface area contributed by atoms with Crippen molar-refractivity contribution in [3.63, 3.8) is 0 Å². The Bertz CT molecular complexity index is 523. The number of furan rings is 1. The number of halogens is 1. The minimum atomic E-state index is -0.587. The highest BCUT2D eigenvalue weighted by molar-refractivity contribution is 5.93. The van der Waals surface area contributed by atoms with Crippen molar-refractivity contribution in [2.75, 3.05) is 5.32 Å². The van der Waals surface area contributed by atoms with E-state index in [1.54, 1.807) is 12.3 Å². The van der Waals surface area contributed by atoms with E-state index in [0.717, 1.165) is 5.56 Å². The van der Waals surface area contributed by atoms with E-state index in [-0.39, 0.29) is 11.3 Å². The molecule has 1 amide bonds. The Morgan fingerprint density at radius 3 is 2.88 bits per heavy atom. The molecule has 17 heavy (non-hydrogen) atoms. The van der Waals surface area contributed by atoms with Gasteiger partial charge in [0.2, 0.25) is 5.91 Å². The molecule has 2 aromatic rings. The van der Waals surface area contributed by atoms with E-state index in [0.29, 0.717) is 6.54 Å². The Morgan fingerprint density at radius 1 is 1.41 bits per heavy atom. The zero-order valence-electron chi connectivity index (χ0n) is 8.94. The van der Waals surface area contributed by atoms with Gasteiger partial charge >= 0.3 is 0 Å². The third kappa shape index (κ3) is 2.63. The summed E-state index contributed by atoms with van der Waals surface area (Å²) in [5, 5.41) is 2.87. The fraction of sp³-hybridized carbons (Fsp3) is 0.0833. The summed E-state index contributed by atoms with van der Waals surface area (Å²) in [5.74, 6) is -1.02. The lowest BCUT2D eigenvalue weighted by atomic mass is 10.2. The van der Waals surface area contributed by atoms with Gasteiger partial charge in [-0.25, -0.2) is 4.39 Å². The first kappa shape index (κ1) is 11.2. The van der Waals surface area contributed by atoms with Crippen LogP contribution in [0.25, 0.3) is 0 Å². The zero-order valence-corrected chi connectivity index (χ0v) is 8.94. The molecule has 2 rings (SSSR count). The number of benzene rings is 1. The van der Waals surface area contributed by atoms with Crippen LogP contribution in [-0.4, -0.2) is 5.91 Å². The molecule has 0 bridgehead atoms. The van der Waals surface area contributed by atoms with Crippen molar-refractivity contribution in [1.29, 1.82) is 0 Å². The SMILES string of the molecule is NC(=O)c1ccc(F)c(NCc2ccoc2)c1. The lowest BCUT2D eigenvalue weighted by molar-refractivity contribution is 0.100. The fourth-order valence-electron chi connectivity index (χ4n) is 1.40. The van der Waals surface area contributed by atoms with Gasteiger partial charge in [-0.05, 0) is 24.3 Å². The summed E-state index contributed by atoms with van der Waals surface area (Å²) in [7, 11) is 0. The van der Waals surface area contributed by atoms with E-state index in [2.05, 4.69) is 5.32 Å². The van der Waals surface area contributed by atoms with Gasteiger partial charge < -0.3 is 15.5 Å². The normalized spacial score (nSPS) is 10.2. The minimum Gasteiger partial charge on any atom is -0.472 e. The molecule has 88 valence electrons. The Balaban J connectivity index is 2.14. The highest BCUT2D eigenvalue weighted by Crippen LogP contribution is 2.17. The van der Waals surface area contributed by atoms with Crippen LogP contribution in [0.2, 0.25) is 0 Å². The topological polar surface area (TPSA) is 68.3 Å². The van der Waals surface area contributed by atoms with Gasteiger partial charge in [0.15, 0.2) is 0 Å². The Hall–Kier alpha value is -2.30. The summed E-state index contributed by atoms with van der Waals surface area (Å²) in [6, 6.07) is 5.71. The molecule has 1 heterocycles. The maximum Gasteiger partial charge on any atom is 0.248 e. The molecule has 0 aliphatic rings. The first-order chi connectivity index (χ1) is 8.16. The summed E-state index contributed by atoms with van der Waals surface area (Å²) in [4.78, 5) is 11.0. The molecule has 0 aliphatic carbocycles. The number of nitrogens with one attached hydrogen (secondary N) is 1. The molecule has 0 fully saturated rings. The number of nitrogens with two attached hydrogens (primary N) is 1. The Morgan fingerprint density at radius 2 is 2.24 bits per heavy atom. The van der Waals surface area contributed by atoms with Crippen LogP contribution in [0.4, 0.5) is 10.1 Å². The maximum absolute atomic E-state index is 13.4. The highest BCUT2D eigenvalue weighted by atomic mass is 19.1. The molecule has 0 saturated heterocycles. The summed E-state index contributed by atoms with van der Waals surface area (Å²) in [6.07, 6.45) is 3.09. The number of rotatable bonds is 4. The molecule has 0 aliphatic heterocycles. The third-order valence-corrected chi connectivity index (χ3v) is 2.31. The van der Waals surface area contributed by atoms with Crippen LogP contribution in [-0.2, 0) is 6.54 Å². The molecular formula is C12H11FN2O2. The molecule has 0 saturated carbocycles. The van der Waals surface area contributed by atoms with Crippen molar-refractivity contribution in [2.45, 2.75) is 6.54 Å². The standard InChI is InChI=1S/C12H11FN2O2/c13-10-2-1-9(12(14)16)5-11(10)15-6-8-3-4-17-7-8/h1-5,7,15H,6H2,(H2,14,16). The maximum atomic E-state index is 13.4. The van der Waals surface area contributed by atoms with Gasteiger partial charge in [0.25, 0.3) is 0 Å². The summed E-state index contributed by atoms with van der Waals surface area (Å²) in [6.45, 7) is 0.412. The average Bonchev–Trinajstić information content (AvgIpc) is 2.80. The van der Waals surface area contributed by atoms with Crippen LogP contribution >= 0.6 is 0 Å². The van der Waals surface area contributed by atoms with Gasteiger partial charge in [-0.1, -0.05) is 0 Å². The van der Waals surface area contributed by atoms with Gasteiger partial charge in [-0.15, -0.1) is 0 Å². The number of anilines is 1. The smallest absolute Gasteiger partial charge is 0.248 e. The second-order valence-electron chi connectivity index (χ2n) is 3.54. The number of carbonyl (C=O) groups is 1. The lowest BCUT2D eigenvalue weighted by Gasteiger charge is -2.07. The van der Waals surface area contributed by atoms with E-state index >= 15 is 0 Å². The molecular weight excluding hydrogens is 223 g/mol. The van der Waals surface area contributed by atoms with Crippen LogP contribution in [0.1, 0.15) is 15.9 Å². The summed E-state index contributed by atoms with van der Waals surface area (Å²) >= 11 is 0. The Kier molecular flexibility index (Phi) is 3.09. The first-order valence-electron chi connectivity index (χ1n) is 5.01. The van der Waals surface area contributed by atoms with Gasteiger partial charge in [-0.2, -0.15) is 0 Å². The van der Waals surface area contributed by atoms with Crippen LogP contribution in [0.5, 0.6) is 0 Å². The third-order valence-electron chi connectivity index (χ3n) is 2.31. The largest absolute Gasteiger partial charge is 0.472 e. The predicted molar refractivity (Wildman–Crippen MR) is 61.0 cm³/mol. The van der Waals surface area contributed by atoms with E-state index in [1.807, 2.05) is 0 Å². The number of primary amides is 1. The van der Waals surface area contributed by atoms with E-state index in [9.17, 15) is 9.18 Å². The highest BCUT2D eigenvalue weighted by Gasteiger charge is 2.06. The quantitative estimate of drug-likeness (QED) is 0.851. The lowest BCUT2D eigenvalue weighted by Crippen LogP contribution is -2.12. The molecule has 1 aromatic heterocycles. The fourth-order valence-corrected chi connectivity index (χ4v) is 1.40. The van der Waals surface area contributed by atoms with Crippen molar-refractivity contribution in [3.8, 4) is 0 Å². The molecule has 0 unspecified atom stereocenters. The molecule has 4 nitrogen and oxygen atoms in total. The van der Waals surface area contributed by atoms with Gasteiger partial charge in [0, 0.05) is 17.7 Å². The average molecular weight is 234 g/mol. The van der Waals surface area contributed by atoms with E-state index in [4.69, 9.17) is 10.2 Å². The number of hydrogen-bond acceptors (Lipinski definition) is 3. The van der Waals surface area contributed by atoms with Crippen LogP contribution in [0.3, 0.4) is 0 Å². The zero-order chi connectivity index (χ0) is 12.3. The van der Waals surface area contributed by atoms with Crippen molar-refractivity contribution in [3.05, 3.63) is 53.7 Å². The second-order valence-corrected chi connectivity index (χ2v) is 3.54. The van der Waals surface area contributed by atoms with Crippen LogP contribution in [0, 0.1) is 5.82 Å². The predicted octanol–water partition coefficient (Wildman–Crippen LogP) is 2.13. The molecule has 0 radical (unpaired) electrons. The number of hydrogen-bond donors (Lipinski definition) is 2. The summed E-state index contributed by atoms with van der Waals surface area (Å²) < 4.78 is 18.3. The van der Waals surface area contributed by atoms with Crippen molar-refractivity contribution < 1.29 is 13.6 Å². The van der Waals surface area contributed by atoms with E-state index in [1.165, 1.54) is 24.5 Å². The summed E-state index contributed by atoms with van der Waals surface area (Å²) in [5.41, 5.74) is 6.51. The van der Waals surface area contributed by atoms with Crippen LogP contribution in [0.15, 0.2) is 41.2 Å². The number of carbonyl (C=O) groups excluding carboxylic acids is 1. The van der Waals surface area contributed by atoms with Crippen molar-refractivity contribution >= 4 is 11.6 Å². The number of amides is 1. The van der Waals surface area contributed by atoms with Crippen molar-refractivity contribution in [2.24, 2.45) is 5.73 Å². The molecule has 0 spiro atoms. The minimum absolute atomic E-state index is 0.238. The van der Waals surface area contributed by atoms with Gasteiger partial charge in [-0.3, -0.25) is 4.79 Å². The van der Waals surface area contributed by atoms with E-state index < -0.39 is 11.7 Å². The Labute approximate surface area is 97.2 Å². The molecule has 0 atom stereocenters. The van der Waals surface area contributed by atoms with Gasteiger partial charge in [0.1, 0.15) is 5.82 Å². The molecule has 3 N–H and O–H groups in total.